The third-order valence-corrected chi connectivity index (χ3v) is 5.86. The highest BCUT2D eigenvalue weighted by atomic mass is 19.1. The van der Waals surface area contributed by atoms with Gasteiger partial charge in [-0.3, -0.25) is 4.79 Å². The van der Waals surface area contributed by atoms with Crippen LogP contribution in [0, 0.1) is 17.1 Å². The summed E-state index contributed by atoms with van der Waals surface area (Å²) in [6, 6.07) is 21.1. The predicted octanol–water partition coefficient (Wildman–Crippen LogP) is 4.27. The fraction of sp³-hybridized carbons (Fsp3) is 0.154. The molecule has 2 aromatic heterocycles. The molecule has 1 aliphatic rings. The van der Waals surface area contributed by atoms with Crippen LogP contribution in [0.5, 0.6) is 0 Å². The Balaban J connectivity index is 1.44. The number of fused-ring (bicyclic) bond motifs is 1. The van der Waals surface area contributed by atoms with E-state index in [-0.39, 0.29) is 11.7 Å². The summed E-state index contributed by atoms with van der Waals surface area (Å²) in [5.74, 6) is 0.263. The van der Waals surface area contributed by atoms with Crippen molar-refractivity contribution in [3.63, 3.8) is 0 Å². The maximum atomic E-state index is 13.6. The average Bonchev–Trinajstić information content (AvgIpc) is 2.88. The number of pyridine rings is 2. The van der Waals surface area contributed by atoms with E-state index in [1.807, 2.05) is 34.1 Å². The topological polar surface area (TPSA) is 73.1 Å². The molecular formula is C26H20FN5O. The van der Waals surface area contributed by atoms with Crippen molar-refractivity contribution in [2.24, 2.45) is 0 Å². The Morgan fingerprint density at radius 2 is 1.73 bits per heavy atom. The third-order valence-electron chi connectivity index (χ3n) is 5.86. The third kappa shape index (κ3) is 3.99. The highest BCUT2D eigenvalue weighted by Gasteiger charge is 2.26. The van der Waals surface area contributed by atoms with Crippen LogP contribution < -0.4 is 4.90 Å². The van der Waals surface area contributed by atoms with Gasteiger partial charge in [0.15, 0.2) is 0 Å². The number of para-hydroxylation sites is 1. The molecule has 3 heterocycles. The van der Waals surface area contributed by atoms with Crippen LogP contribution in [0.3, 0.4) is 0 Å². The van der Waals surface area contributed by atoms with E-state index in [2.05, 4.69) is 11.1 Å². The number of benzene rings is 2. The van der Waals surface area contributed by atoms with Crippen LogP contribution in [0.4, 0.5) is 10.2 Å². The molecule has 0 N–H and O–H groups in total. The maximum absolute atomic E-state index is 13.6. The summed E-state index contributed by atoms with van der Waals surface area (Å²) >= 11 is 0. The summed E-state index contributed by atoms with van der Waals surface area (Å²) in [4.78, 5) is 26.5. The van der Waals surface area contributed by atoms with Gasteiger partial charge in [-0.2, -0.15) is 5.26 Å². The van der Waals surface area contributed by atoms with Gasteiger partial charge in [0.2, 0.25) is 0 Å². The van der Waals surface area contributed by atoms with Gasteiger partial charge in [-0.25, -0.2) is 14.4 Å². The molecule has 0 saturated carbocycles. The molecule has 162 valence electrons. The first-order valence-electron chi connectivity index (χ1n) is 10.7. The van der Waals surface area contributed by atoms with E-state index in [0.29, 0.717) is 54.3 Å². The summed E-state index contributed by atoms with van der Waals surface area (Å²) in [6.45, 7) is 2.21. The number of hydrogen-bond donors (Lipinski definition) is 0. The molecule has 1 fully saturated rings. The number of anilines is 1. The lowest BCUT2D eigenvalue weighted by Crippen LogP contribution is -2.49. The minimum Gasteiger partial charge on any atom is -0.352 e. The summed E-state index contributed by atoms with van der Waals surface area (Å²) in [7, 11) is 0. The van der Waals surface area contributed by atoms with Gasteiger partial charge in [-0.1, -0.05) is 18.2 Å². The number of nitrogens with zero attached hydrogens (tertiary/aromatic N) is 5. The first-order valence-corrected chi connectivity index (χ1v) is 10.7. The Hall–Kier alpha value is -4.31. The molecule has 33 heavy (non-hydrogen) atoms. The van der Waals surface area contributed by atoms with Crippen molar-refractivity contribution in [3.8, 4) is 17.3 Å². The number of piperazine rings is 1. The number of rotatable bonds is 3. The lowest BCUT2D eigenvalue weighted by Gasteiger charge is -2.36. The summed E-state index contributed by atoms with van der Waals surface area (Å²) in [5, 5.41) is 10.2. The zero-order valence-electron chi connectivity index (χ0n) is 17.8. The Morgan fingerprint density at radius 1 is 0.970 bits per heavy atom. The van der Waals surface area contributed by atoms with Crippen molar-refractivity contribution < 1.29 is 9.18 Å². The smallest absolute Gasteiger partial charge is 0.254 e. The van der Waals surface area contributed by atoms with Gasteiger partial charge in [0.05, 0.1) is 22.3 Å². The van der Waals surface area contributed by atoms with Gasteiger partial charge in [-0.15, -0.1) is 0 Å². The van der Waals surface area contributed by atoms with Crippen molar-refractivity contribution >= 4 is 22.6 Å². The predicted molar refractivity (Wildman–Crippen MR) is 124 cm³/mol. The molecule has 0 spiro atoms. The molecule has 0 unspecified atom stereocenters. The van der Waals surface area contributed by atoms with Gasteiger partial charge in [0, 0.05) is 43.3 Å². The lowest BCUT2D eigenvalue weighted by atomic mass is 10.0. The second-order valence-corrected chi connectivity index (χ2v) is 7.84. The van der Waals surface area contributed by atoms with Crippen LogP contribution in [0.2, 0.25) is 0 Å². The van der Waals surface area contributed by atoms with Crippen molar-refractivity contribution in [2.75, 3.05) is 31.1 Å². The highest BCUT2D eigenvalue weighted by molar-refractivity contribution is 6.07. The zero-order chi connectivity index (χ0) is 22.8. The van der Waals surface area contributed by atoms with E-state index < -0.39 is 0 Å². The molecule has 4 aromatic rings. The zero-order valence-corrected chi connectivity index (χ0v) is 17.8. The van der Waals surface area contributed by atoms with Gasteiger partial charge < -0.3 is 9.80 Å². The first kappa shape index (κ1) is 20.6. The van der Waals surface area contributed by atoms with Crippen molar-refractivity contribution in [1.29, 1.82) is 5.26 Å². The Labute approximate surface area is 190 Å². The molecule has 1 saturated heterocycles. The van der Waals surface area contributed by atoms with Crippen molar-refractivity contribution in [2.45, 2.75) is 0 Å². The molecular weight excluding hydrogens is 417 g/mol. The molecule has 6 nitrogen and oxygen atoms in total. The number of carbonyl (C=O) groups is 1. The van der Waals surface area contributed by atoms with E-state index in [4.69, 9.17) is 4.98 Å². The van der Waals surface area contributed by atoms with E-state index in [9.17, 15) is 14.4 Å². The molecule has 7 heteroatoms. The molecule has 0 radical (unpaired) electrons. The second-order valence-electron chi connectivity index (χ2n) is 7.84. The van der Waals surface area contributed by atoms with Crippen LogP contribution in [-0.4, -0.2) is 47.0 Å². The second kappa shape index (κ2) is 8.67. The number of amides is 1. The van der Waals surface area contributed by atoms with Gasteiger partial charge >= 0.3 is 0 Å². The summed E-state index contributed by atoms with van der Waals surface area (Å²) < 4.78 is 13.4. The van der Waals surface area contributed by atoms with E-state index in [0.717, 1.165) is 10.9 Å². The first-order chi connectivity index (χ1) is 16.1. The monoisotopic (exact) mass is 437 g/mol. The minimum absolute atomic E-state index is 0.0712. The van der Waals surface area contributed by atoms with Crippen molar-refractivity contribution in [1.82, 2.24) is 14.9 Å². The molecule has 5 rings (SSSR count). The Kier molecular flexibility index (Phi) is 5.41. The lowest BCUT2D eigenvalue weighted by molar-refractivity contribution is 0.0748. The number of halogens is 1. The van der Waals surface area contributed by atoms with Gasteiger partial charge in [0.25, 0.3) is 5.91 Å². The normalized spacial score (nSPS) is 13.7. The van der Waals surface area contributed by atoms with Crippen molar-refractivity contribution in [3.05, 3.63) is 89.9 Å². The van der Waals surface area contributed by atoms with Crippen LogP contribution in [0.1, 0.15) is 15.9 Å². The summed E-state index contributed by atoms with van der Waals surface area (Å²) in [6.07, 6.45) is 1.67. The van der Waals surface area contributed by atoms with Crippen LogP contribution in [-0.2, 0) is 0 Å². The largest absolute Gasteiger partial charge is 0.352 e. The number of nitriles is 1. The minimum atomic E-state index is -0.318. The average molecular weight is 437 g/mol. The Morgan fingerprint density at radius 3 is 2.48 bits per heavy atom. The molecule has 1 amide bonds. The number of carbonyl (C=O) groups excluding carboxylic acids is 1. The molecule has 1 aliphatic heterocycles. The van der Waals surface area contributed by atoms with Gasteiger partial charge in [0.1, 0.15) is 17.7 Å². The van der Waals surface area contributed by atoms with Crippen LogP contribution in [0.15, 0.2) is 72.9 Å². The molecule has 2 aromatic carbocycles. The van der Waals surface area contributed by atoms with E-state index in [1.165, 1.54) is 12.1 Å². The molecule has 0 aliphatic carbocycles. The highest BCUT2D eigenvalue weighted by Crippen LogP contribution is 2.27. The van der Waals surface area contributed by atoms with Gasteiger partial charge in [-0.05, 0) is 48.5 Å². The van der Waals surface area contributed by atoms with E-state index in [1.54, 1.807) is 36.5 Å². The Bertz CT molecular complexity index is 1370. The van der Waals surface area contributed by atoms with E-state index >= 15 is 0 Å². The molecule has 0 atom stereocenters. The molecule has 0 bridgehead atoms. The quantitative estimate of drug-likeness (QED) is 0.479. The maximum Gasteiger partial charge on any atom is 0.254 e. The standard InChI is InChI=1S/C26H20FN5O/c27-20-9-7-18(8-10-20)24-16-22(21-5-1-2-6-23(21)30-24)26(33)32-14-12-31(13-15-32)25-19(17-28)4-3-11-29-25/h1-11,16H,12-15H2. The number of aromatic nitrogens is 2. The fourth-order valence-corrected chi connectivity index (χ4v) is 4.15. The fourth-order valence-electron chi connectivity index (χ4n) is 4.15. The summed E-state index contributed by atoms with van der Waals surface area (Å²) in [5.41, 5.74) is 3.20. The SMILES string of the molecule is N#Cc1cccnc1N1CCN(C(=O)c2cc(-c3ccc(F)cc3)nc3ccccc23)CC1. The van der Waals surface area contributed by atoms with Crippen LogP contribution in [0.25, 0.3) is 22.2 Å². The van der Waals surface area contributed by atoms with Crippen LogP contribution >= 0.6 is 0 Å². The number of hydrogen-bond acceptors (Lipinski definition) is 5.